The van der Waals surface area contributed by atoms with E-state index in [-0.39, 0.29) is 11.7 Å². The third-order valence-electron chi connectivity index (χ3n) is 3.72. The molecular formula is C14H20FNO. The average molecular weight is 237 g/mol. The predicted octanol–water partition coefficient (Wildman–Crippen LogP) is 3.30. The van der Waals surface area contributed by atoms with Crippen molar-refractivity contribution in [1.82, 2.24) is 0 Å². The molecule has 0 aliphatic heterocycles. The number of methoxy groups -OCH3 is 1. The molecule has 0 spiro atoms. The summed E-state index contributed by atoms with van der Waals surface area (Å²) >= 11 is 0. The number of nitrogens with two attached hydrogens (primary N) is 1. The molecule has 1 aromatic rings. The van der Waals surface area contributed by atoms with Gasteiger partial charge in [0.2, 0.25) is 0 Å². The molecule has 0 atom stereocenters. The molecule has 1 aliphatic rings. The Morgan fingerprint density at radius 3 is 2.41 bits per heavy atom. The van der Waals surface area contributed by atoms with Crippen molar-refractivity contribution in [2.45, 2.75) is 44.6 Å². The highest BCUT2D eigenvalue weighted by atomic mass is 19.1. The standard InChI is InChI=1S/C14H20FNO/c1-9(2)10-7-11(14(16)5-4-6-14)13(17-3)12(15)8-10/h7-9H,4-6,16H2,1-3H3. The highest BCUT2D eigenvalue weighted by molar-refractivity contribution is 5.45. The van der Waals surface area contributed by atoms with E-state index in [1.54, 1.807) is 6.07 Å². The third kappa shape index (κ3) is 2.04. The van der Waals surface area contributed by atoms with Crippen LogP contribution in [0.3, 0.4) is 0 Å². The van der Waals surface area contributed by atoms with E-state index in [0.717, 1.165) is 30.4 Å². The van der Waals surface area contributed by atoms with Crippen molar-refractivity contribution in [3.63, 3.8) is 0 Å². The first-order chi connectivity index (χ1) is 7.98. The van der Waals surface area contributed by atoms with Crippen molar-refractivity contribution < 1.29 is 9.13 Å². The summed E-state index contributed by atoms with van der Waals surface area (Å²) in [7, 11) is 1.50. The molecular weight excluding hydrogens is 217 g/mol. The van der Waals surface area contributed by atoms with Crippen LogP contribution in [-0.2, 0) is 5.54 Å². The quantitative estimate of drug-likeness (QED) is 0.875. The van der Waals surface area contributed by atoms with E-state index in [1.807, 2.05) is 6.07 Å². The van der Waals surface area contributed by atoms with Crippen LogP contribution in [0.4, 0.5) is 4.39 Å². The second-order valence-electron chi connectivity index (χ2n) is 5.25. The van der Waals surface area contributed by atoms with Gasteiger partial charge in [0, 0.05) is 11.1 Å². The van der Waals surface area contributed by atoms with E-state index in [9.17, 15) is 4.39 Å². The van der Waals surface area contributed by atoms with Gasteiger partial charge in [-0.1, -0.05) is 13.8 Å². The van der Waals surface area contributed by atoms with Crippen molar-refractivity contribution in [1.29, 1.82) is 0 Å². The SMILES string of the molecule is COc1c(F)cc(C(C)C)cc1C1(N)CCC1. The molecule has 0 saturated heterocycles. The highest BCUT2D eigenvalue weighted by Crippen LogP contribution is 2.44. The number of hydrogen-bond acceptors (Lipinski definition) is 2. The molecule has 1 aliphatic carbocycles. The minimum Gasteiger partial charge on any atom is -0.493 e. The normalized spacial score (nSPS) is 18.0. The second-order valence-corrected chi connectivity index (χ2v) is 5.25. The number of halogens is 1. The van der Waals surface area contributed by atoms with Crippen molar-refractivity contribution >= 4 is 0 Å². The summed E-state index contributed by atoms with van der Waals surface area (Å²) < 4.78 is 19.2. The predicted molar refractivity (Wildman–Crippen MR) is 66.8 cm³/mol. The first-order valence-electron chi connectivity index (χ1n) is 6.15. The van der Waals surface area contributed by atoms with E-state index in [1.165, 1.54) is 7.11 Å². The number of rotatable bonds is 3. The largest absolute Gasteiger partial charge is 0.493 e. The molecule has 0 aromatic heterocycles. The molecule has 0 amide bonds. The topological polar surface area (TPSA) is 35.2 Å². The average Bonchev–Trinajstić information content (AvgIpc) is 2.24. The van der Waals surface area contributed by atoms with Gasteiger partial charge < -0.3 is 10.5 Å². The first kappa shape index (κ1) is 12.4. The van der Waals surface area contributed by atoms with Crippen LogP contribution in [0.2, 0.25) is 0 Å². The molecule has 94 valence electrons. The second kappa shape index (κ2) is 4.30. The lowest BCUT2D eigenvalue weighted by atomic mass is 9.71. The Bertz CT molecular complexity index is 424. The van der Waals surface area contributed by atoms with Crippen LogP contribution in [0.1, 0.15) is 50.2 Å². The Kier molecular flexibility index (Phi) is 3.13. The minimum absolute atomic E-state index is 0.290. The molecule has 1 saturated carbocycles. The van der Waals surface area contributed by atoms with Crippen LogP contribution in [0, 0.1) is 5.82 Å². The van der Waals surface area contributed by atoms with Crippen molar-refractivity contribution in [3.8, 4) is 5.75 Å². The highest BCUT2D eigenvalue weighted by Gasteiger charge is 2.38. The Hall–Kier alpha value is -1.09. The fourth-order valence-corrected chi connectivity index (χ4v) is 2.35. The fourth-order valence-electron chi connectivity index (χ4n) is 2.35. The van der Waals surface area contributed by atoms with Gasteiger partial charge in [0.25, 0.3) is 0 Å². The Morgan fingerprint density at radius 2 is 2.00 bits per heavy atom. The maximum atomic E-state index is 14.0. The van der Waals surface area contributed by atoms with Crippen LogP contribution in [-0.4, -0.2) is 7.11 Å². The monoisotopic (exact) mass is 237 g/mol. The molecule has 0 unspecified atom stereocenters. The summed E-state index contributed by atoms with van der Waals surface area (Å²) in [5.74, 6) is 0.305. The van der Waals surface area contributed by atoms with Gasteiger partial charge in [-0.2, -0.15) is 0 Å². The summed E-state index contributed by atoms with van der Waals surface area (Å²) in [6, 6.07) is 3.56. The van der Waals surface area contributed by atoms with Crippen molar-refractivity contribution in [2.24, 2.45) is 5.73 Å². The van der Waals surface area contributed by atoms with Gasteiger partial charge >= 0.3 is 0 Å². The summed E-state index contributed by atoms with van der Waals surface area (Å²) in [5, 5.41) is 0. The van der Waals surface area contributed by atoms with Gasteiger partial charge in [-0.3, -0.25) is 0 Å². The first-order valence-corrected chi connectivity index (χ1v) is 6.15. The van der Waals surface area contributed by atoms with Gasteiger partial charge in [-0.05, 0) is 42.9 Å². The van der Waals surface area contributed by atoms with E-state index < -0.39 is 5.54 Å². The van der Waals surface area contributed by atoms with Crippen molar-refractivity contribution in [3.05, 3.63) is 29.1 Å². The molecule has 3 heteroatoms. The zero-order chi connectivity index (χ0) is 12.6. The zero-order valence-electron chi connectivity index (χ0n) is 10.7. The summed E-state index contributed by atoms with van der Waals surface area (Å²) in [5.41, 5.74) is 7.71. The lowest BCUT2D eigenvalue weighted by molar-refractivity contribution is 0.240. The summed E-state index contributed by atoms with van der Waals surface area (Å²) in [6.07, 6.45) is 2.92. The molecule has 2 rings (SSSR count). The van der Waals surface area contributed by atoms with Crippen LogP contribution in [0.15, 0.2) is 12.1 Å². The van der Waals surface area contributed by atoms with E-state index in [0.29, 0.717) is 5.75 Å². The number of hydrogen-bond donors (Lipinski definition) is 1. The summed E-state index contributed by atoms with van der Waals surface area (Å²) in [6.45, 7) is 4.10. The molecule has 1 fully saturated rings. The van der Waals surface area contributed by atoms with Gasteiger partial charge in [0.1, 0.15) is 0 Å². The molecule has 1 aromatic carbocycles. The van der Waals surface area contributed by atoms with Crippen molar-refractivity contribution in [2.75, 3.05) is 7.11 Å². The third-order valence-corrected chi connectivity index (χ3v) is 3.72. The van der Waals surface area contributed by atoms with E-state index >= 15 is 0 Å². The smallest absolute Gasteiger partial charge is 0.165 e. The van der Waals surface area contributed by atoms with E-state index in [4.69, 9.17) is 10.5 Å². The molecule has 0 radical (unpaired) electrons. The number of benzene rings is 1. The Labute approximate surface area is 102 Å². The van der Waals surface area contributed by atoms with Crippen LogP contribution in [0.25, 0.3) is 0 Å². The molecule has 17 heavy (non-hydrogen) atoms. The van der Waals surface area contributed by atoms with Gasteiger partial charge in [-0.15, -0.1) is 0 Å². The Morgan fingerprint density at radius 1 is 1.35 bits per heavy atom. The Balaban J connectivity index is 2.54. The van der Waals surface area contributed by atoms with Crippen LogP contribution < -0.4 is 10.5 Å². The molecule has 2 nitrogen and oxygen atoms in total. The molecule has 0 bridgehead atoms. The fraction of sp³-hybridized carbons (Fsp3) is 0.571. The lowest BCUT2D eigenvalue weighted by Gasteiger charge is -2.39. The zero-order valence-corrected chi connectivity index (χ0v) is 10.7. The number of ether oxygens (including phenoxy) is 1. The van der Waals surface area contributed by atoms with Crippen LogP contribution in [0.5, 0.6) is 5.75 Å². The van der Waals surface area contributed by atoms with Gasteiger partial charge in [-0.25, -0.2) is 4.39 Å². The molecule has 2 N–H and O–H groups in total. The minimum atomic E-state index is -0.392. The summed E-state index contributed by atoms with van der Waals surface area (Å²) in [4.78, 5) is 0. The lowest BCUT2D eigenvalue weighted by Crippen LogP contribution is -2.43. The van der Waals surface area contributed by atoms with Gasteiger partial charge in [0.15, 0.2) is 11.6 Å². The molecule has 0 heterocycles. The van der Waals surface area contributed by atoms with Crippen LogP contribution >= 0.6 is 0 Å². The maximum absolute atomic E-state index is 14.0. The van der Waals surface area contributed by atoms with Gasteiger partial charge in [0.05, 0.1) is 7.11 Å². The maximum Gasteiger partial charge on any atom is 0.165 e. The van der Waals surface area contributed by atoms with E-state index in [2.05, 4.69) is 13.8 Å².